The number of rotatable bonds is 3. The second kappa shape index (κ2) is 4.79. The topological polar surface area (TPSA) is 68.8 Å². The van der Waals surface area contributed by atoms with Gasteiger partial charge in [-0.05, 0) is 11.5 Å². The van der Waals surface area contributed by atoms with E-state index in [0.717, 1.165) is 22.0 Å². The van der Waals surface area contributed by atoms with E-state index in [1.54, 1.807) is 17.1 Å². The highest BCUT2D eigenvalue weighted by Gasteiger charge is 2.17. The number of hydrazine groups is 1. The normalized spacial score (nSPS) is 12.7. The Labute approximate surface area is 111 Å². The molecule has 0 fully saturated rings. The van der Waals surface area contributed by atoms with Crippen LogP contribution in [0.5, 0.6) is 0 Å². The van der Waals surface area contributed by atoms with Gasteiger partial charge in [0, 0.05) is 30.4 Å². The molecule has 2 aromatic heterocycles. The lowest BCUT2D eigenvalue weighted by Crippen LogP contribution is -2.29. The summed E-state index contributed by atoms with van der Waals surface area (Å²) < 4.78 is 1.75. The lowest BCUT2D eigenvalue weighted by atomic mass is 10.0. The first-order chi connectivity index (χ1) is 9.29. The Kier molecular flexibility index (Phi) is 2.98. The summed E-state index contributed by atoms with van der Waals surface area (Å²) in [5, 5.41) is 6.43. The standard InChI is InChI=1S/C14H15N5/c1-19-9-11(8-17-19)13(18-15)14-12-5-3-2-4-10(12)6-7-16-14/h2-9,13,18H,15H2,1H3. The quantitative estimate of drug-likeness (QED) is 0.548. The lowest BCUT2D eigenvalue weighted by molar-refractivity contribution is 0.625. The molecule has 19 heavy (non-hydrogen) atoms. The van der Waals surface area contributed by atoms with E-state index >= 15 is 0 Å². The minimum Gasteiger partial charge on any atom is -0.275 e. The monoisotopic (exact) mass is 253 g/mol. The molecule has 2 heterocycles. The van der Waals surface area contributed by atoms with Crippen LogP contribution in [-0.2, 0) is 7.05 Å². The SMILES string of the molecule is Cn1cc(C(NN)c2nccc3ccccc23)cn1. The number of hydrogen-bond acceptors (Lipinski definition) is 4. The summed E-state index contributed by atoms with van der Waals surface area (Å²) in [6.45, 7) is 0. The molecule has 1 unspecified atom stereocenters. The summed E-state index contributed by atoms with van der Waals surface area (Å²) in [4.78, 5) is 4.48. The number of benzene rings is 1. The van der Waals surface area contributed by atoms with Crippen LogP contribution in [0.3, 0.4) is 0 Å². The molecule has 3 rings (SSSR count). The molecule has 3 aromatic rings. The van der Waals surface area contributed by atoms with Gasteiger partial charge in [-0.2, -0.15) is 5.10 Å². The van der Waals surface area contributed by atoms with Crippen LogP contribution in [0.25, 0.3) is 10.8 Å². The first kappa shape index (κ1) is 11.8. The molecule has 5 heteroatoms. The average molecular weight is 253 g/mol. The number of fused-ring (bicyclic) bond motifs is 1. The highest BCUT2D eigenvalue weighted by molar-refractivity contribution is 5.85. The van der Waals surface area contributed by atoms with Gasteiger partial charge in [0.15, 0.2) is 0 Å². The molecule has 1 atom stereocenters. The number of nitrogens with one attached hydrogen (secondary N) is 1. The van der Waals surface area contributed by atoms with Gasteiger partial charge in [0.25, 0.3) is 0 Å². The van der Waals surface area contributed by atoms with Gasteiger partial charge in [-0.15, -0.1) is 0 Å². The van der Waals surface area contributed by atoms with Crippen LogP contribution >= 0.6 is 0 Å². The van der Waals surface area contributed by atoms with Crippen molar-refractivity contribution in [3.63, 3.8) is 0 Å². The maximum atomic E-state index is 5.71. The minimum atomic E-state index is -0.167. The lowest BCUT2D eigenvalue weighted by Gasteiger charge is -2.15. The van der Waals surface area contributed by atoms with Crippen LogP contribution < -0.4 is 11.3 Å². The van der Waals surface area contributed by atoms with Gasteiger partial charge in [0.05, 0.1) is 17.9 Å². The number of aromatic nitrogens is 3. The van der Waals surface area contributed by atoms with E-state index in [1.165, 1.54) is 0 Å². The van der Waals surface area contributed by atoms with E-state index in [-0.39, 0.29) is 6.04 Å². The molecule has 1 aromatic carbocycles. The third-order valence-electron chi connectivity index (χ3n) is 3.20. The number of aryl methyl sites for hydroxylation is 1. The third kappa shape index (κ3) is 2.09. The van der Waals surface area contributed by atoms with Crippen LogP contribution in [0.2, 0.25) is 0 Å². The summed E-state index contributed by atoms with van der Waals surface area (Å²) in [7, 11) is 1.88. The zero-order valence-electron chi connectivity index (χ0n) is 10.6. The minimum absolute atomic E-state index is 0.167. The van der Waals surface area contributed by atoms with Crippen molar-refractivity contribution in [1.82, 2.24) is 20.2 Å². The third-order valence-corrected chi connectivity index (χ3v) is 3.20. The zero-order valence-corrected chi connectivity index (χ0v) is 10.6. The van der Waals surface area contributed by atoms with Crippen molar-refractivity contribution in [3.05, 3.63) is 60.2 Å². The predicted octanol–water partition coefficient (Wildman–Crippen LogP) is 1.52. The van der Waals surface area contributed by atoms with Crippen molar-refractivity contribution in [2.24, 2.45) is 12.9 Å². The summed E-state index contributed by atoms with van der Waals surface area (Å²) in [5.74, 6) is 5.71. The van der Waals surface area contributed by atoms with Crippen molar-refractivity contribution < 1.29 is 0 Å². The van der Waals surface area contributed by atoms with E-state index in [9.17, 15) is 0 Å². The van der Waals surface area contributed by atoms with Gasteiger partial charge in [-0.25, -0.2) is 5.43 Å². The molecule has 3 N–H and O–H groups in total. The Hall–Kier alpha value is -2.24. The Morgan fingerprint density at radius 2 is 2.11 bits per heavy atom. The fraction of sp³-hybridized carbons (Fsp3) is 0.143. The van der Waals surface area contributed by atoms with E-state index in [1.807, 2.05) is 31.4 Å². The summed E-state index contributed by atoms with van der Waals surface area (Å²) in [6, 6.07) is 9.97. The van der Waals surface area contributed by atoms with Crippen molar-refractivity contribution >= 4 is 10.8 Å². The number of nitrogens with zero attached hydrogens (tertiary/aromatic N) is 3. The Balaban J connectivity index is 2.16. The number of pyridine rings is 1. The van der Waals surface area contributed by atoms with Crippen LogP contribution in [-0.4, -0.2) is 14.8 Å². The highest BCUT2D eigenvalue weighted by Crippen LogP contribution is 2.26. The van der Waals surface area contributed by atoms with Gasteiger partial charge in [0.1, 0.15) is 0 Å². The smallest absolute Gasteiger partial charge is 0.0917 e. The average Bonchev–Trinajstić information content (AvgIpc) is 2.86. The van der Waals surface area contributed by atoms with Gasteiger partial charge in [-0.3, -0.25) is 15.5 Å². The van der Waals surface area contributed by atoms with Crippen LogP contribution in [0.15, 0.2) is 48.9 Å². The van der Waals surface area contributed by atoms with E-state index < -0.39 is 0 Å². The van der Waals surface area contributed by atoms with Crippen LogP contribution in [0.4, 0.5) is 0 Å². The highest BCUT2D eigenvalue weighted by atomic mass is 15.3. The molecule has 0 aliphatic carbocycles. The van der Waals surface area contributed by atoms with E-state index in [0.29, 0.717) is 0 Å². The first-order valence-corrected chi connectivity index (χ1v) is 6.08. The molecule has 0 saturated carbocycles. The van der Waals surface area contributed by atoms with Crippen molar-refractivity contribution in [3.8, 4) is 0 Å². The molecule has 0 spiro atoms. The maximum Gasteiger partial charge on any atom is 0.0917 e. The molecule has 0 bridgehead atoms. The molecule has 96 valence electrons. The molecule has 0 aliphatic heterocycles. The molecule has 0 aliphatic rings. The van der Waals surface area contributed by atoms with Crippen LogP contribution in [0.1, 0.15) is 17.3 Å². The second-order valence-electron chi connectivity index (χ2n) is 4.46. The van der Waals surface area contributed by atoms with Gasteiger partial charge in [0.2, 0.25) is 0 Å². The van der Waals surface area contributed by atoms with Gasteiger partial charge >= 0.3 is 0 Å². The van der Waals surface area contributed by atoms with Crippen molar-refractivity contribution in [1.29, 1.82) is 0 Å². The first-order valence-electron chi connectivity index (χ1n) is 6.08. The van der Waals surface area contributed by atoms with Crippen molar-refractivity contribution in [2.75, 3.05) is 0 Å². The Morgan fingerprint density at radius 1 is 1.26 bits per heavy atom. The number of nitrogens with two attached hydrogens (primary N) is 1. The Bertz CT molecular complexity index is 698. The molecular formula is C14H15N5. The van der Waals surface area contributed by atoms with E-state index in [4.69, 9.17) is 5.84 Å². The van der Waals surface area contributed by atoms with Gasteiger partial charge in [-0.1, -0.05) is 24.3 Å². The molecule has 5 nitrogen and oxygen atoms in total. The zero-order chi connectivity index (χ0) is 13.2. The predicted molar refractivity (Wildman–Crippen MR) is 74.1 cm³/mol. The molecule has 0 amide bonds. The van der Waals surface area contributed by atoms with Crippen molar-refractivity contribution in [2.45, 2.75) is 6.04 Å². The summed E-state index contributed by atoms with van der Waals surface area (Å²) in [6.07, 6.45) is 5.54. The molecule has 0 radical (unpaired) electrons. The van der Waals surface area contributed by atoms with Gasteiger partial charge < -0.3 is 0 Å². The summed E-state index contributed by atoms with van der Waals surface area (Å²) in [5.41, 5.74) is 4.73. The maximum absolute atomic E-state index is 5.71. The van der Waals surface area contributed by atoms with Crippen LogP contribution in [0, 0.1) is 0 Å². The fourth-order valence-electron chi connectivity index (χ4n) is 2.30. The Morgan fingerprint density at radius 3 is 2.84 bits per heavy atom. The second-order valence-corrected chi connectivity index (χ2v) is 4.46. The fourth-order valence-corrected chi connectivity index (χ4v) is 2.30. The number of hydrogen-bond donors (Lipinski definition) is 2. The molecule has 0 saturated heterocycles. The summed E-state index contributed by atoms with van der Waals surface area (Å²) >= 11 is 0. The van der Waals surface area contributed by atoms with E-state index in [2.05, 4.69) is 27.6 Å². The largest absolute Gasteiger partial charge is 0.275 e. The molecular weight excluding hydrogens is 238 g/mol.